The Morgan fingerprint density at radius 3 is 2.25 bits per heavy atom. The number of aldehydes is 1. The van der Waals surface area contributed by atoms with Crippen LogP contribution in [0.2, 0.25) is 6.04 Å². The first-order valence-electron chi connectivity index (χ1n) is 7.43. The standard InChI is InChI=1S/C14H26O5Si/c1-4-17-20(18-5-2,19-6-3)11-9-14-13(12-15)8-7-10-16-14/h12H,4-11H2,1-3H3. The highest BCUT2D eigenvalue weighted by Gasteiger charge is 2.40. The Labute approximate surface area is 122 Å². The molecule has 0 unspecified atom stereocenters. The van der Waals surface area contributed by atoms with Gasteiger partial charge in [0, 0.05) is 37.9 Å². The van der Waals surface area contributed by atoms with Gasteiger partial charge >= 0.3 is 8.80 Å². The second-order valence-electron chi connectivity index (χ2n) is 4.50. The Kier molecular flexibility index (Phi) is 8.06. The van der Waals surface area contributed by atoms with E-state index in [0.717, 1.165) is 30.5 Å². The first kappa shape index (κ1) is 17.4. The monoisotopic (exact) mass is 302 g/mol. The number of allylic oxidation sites excluding steroid dienone is 2. The van der Waals surface area contributed by atoms with Gasteiger partial charge in [-0.25, -0.2) is 0 Å². The molecule has 0 atom stereocenters. The lowest BCUT2D eigenvalue weighted by Crippen LogP contribution is -2.46. The number of ether oxygens (including phenoxy) is 1. The Balaban J connectivity index is 2.73. The van der Waals surface area contributed by atoms with E-state index in [2.05, 4.69) is 0 Å². The van der Waals surface area contributed by atoms with Crippen LogP contribution in [0.25, 0.3) is 0 Å². The molecule has 20 heavy (non-hydrogen) atoms. The molecule has 0 saturated carbocycles. The minimum Gasteiger partial charge on any atom is -0.498 e. The van der Waals surface area contributed by atoms with Crippen molar-refractivity contribution < 1.29 is 22.8 Å². The van der Waals surface area contributed by atoms with Crippen LogP contribution in [0.5, 0.6) is 0 Å². The molecular formula is C14H26O5Si. The summed E-state index contributed by atoms with van der Waals surface area (Å²) < 4.78 is 23.0. The third kappa shape index (κ3) is 5.01. The zero-order valence-corrected chi connectivity index (χ0v) is 13.8. The van der Waals surface area contributed by atoms with Gasteiger partial charge in [-0.3, -0.25) is 4.79 Å². The summed E-state index contributed by atoms with van der Waals surface area (Å²) in [6.45, 7) is 8.18. The molecule has 1 rings (SSSR count). The van der Waals surface area contributed by atoms with Crippen LogP contribution in [0.3, 0.4) is 0 Å². The minimum absolute atomic E-state index is 0.562. The molecule has 0 bridgehead atoms. The number of hydrogen-bond acceptors (Lipinski definition) is 5. The highest BCUT2D eigenvalue weighted by molar-refractivity contribution is 6.60. The van der Waals surface area contributed by atoms with Gasteiger partial charge in [0.1, 0.15) is 12.0 Å². The quantitative estimate of drug-likeness (QED) is 0.459. The van der Waals surface area contributed by atoms with Crippen LogP contribution in [-0.4, -0.2) is 41.5 Å². The van der Waals surface area contributed by atoms with Gasteiger partial charge in [0.05, 0.1) is 6.61 Å². The molecule has 6 heteroatoms. The van der Waals surface area contributed by atoms with Gasteiger partial charge in [-0.1, -0.05) is 0 Å². The molecule has 0 aromatic carbocycles. The zero-order valence-electron chi connectivity index (χ0n) is 12.8. The normalized spacial score (nSPS) is 16.1. The van der Waals surface area contributed by atoms with Gasteiger partial charge in [-0.2, -0.15) is 0 Å². The van der Waals surface area contributed by atoms with Crippen LogP contribution < -0.4 is 0 Å². The summed E-state index contributed by atoms with van der Waals surface area (Å²) in [5.41, 5.74) is 0.767. The molecule has 1 heterocycles. The third-order valence-electron chi connectivity index (χ3n) is 3.12. The maximum absolute atomic E-state index is 11.1. The Hall–Kier alpha value is -0.693. The largest absolute Gasteiger partial charge is 0.501 e. The van der Waals surface area contributed by atoms with Crippen LogP contribution in [0.1, 0.15) is 40.0 Å². The molecule has 0 saturated heterocycles. The maximum atomic E-state index is 11.1. The molecule has 0 aromatic heterocycles. The predicted octanol–water partition coefficient (Wildman–Crippen LogP) is 2.69. The van der Waals surface area contributed by atoms with Crippen molar-refractivity contribution in [2.24, 2.45) is 0 Å². The average molecular weight is 302 g/mol. The van der Waals surface area contributed by atoms with E-state index in [1.165, 1.54) is 0 Å². The van der Waals surface area contributed by atoms with Crippen LogP contribution in [0.4, 0.5) is 0 Å². The summed E-state index contributed by atoms with van der Waals surface area (Å²) in [4.78, 5) is 11.1. The van der Waals surface area contributed by atoms with Crippen molar-refractivity contribution in [1.82, 2.24) is 0 Å². The van der Waals surface area contributed by atoms with E-state index in [-0.39, 0.29) is 0 Å². The van der Waals surface area contributed by atoms with Crippen molar-refractivity contribution in [2.75, 3.05) is 26.4 Å². The van der Waals surface area contributed by atoms with Crippen molar-refractivity contribution in [3.05, 3.63) is 11.3 Å². The molecule has 1 aliphatic heterocycles. The first-order valence-corrected chi connectivity index (χ1v) is 9.36. The SMILES string of the molecule is CCO[Si](CCC1=C(C=O)CCCO1)(OCC)OCC. The minimum atomic E-state index is -2.65. The zero-order chi connectivity index (χ0) is 14.8. The second-order valence-corrected chi connectivity index (χ2v) is 7.23. The highest BCUT2D eigenvalue weighted by atomic mass is 28.4. The van der Waals surface area contributed by atoms with E-state index in [9.17, 15) is 4.79 Å². The molecular weight excluding hydrogens is 276 g/mol. The van der Waals surface area contributed by atoms with Gasteiger partial charge in [0.25, 0.3) is 0 Å². The van der Waals surface area contributed by atoms with Crippen molar-refractivity contribution in [3.8, 4) is 0 Å². The summed E-state index contributed by atoms with van der Waals surface area (Å²) >= 11 is 0. The number of rotatable bonds is 10. The second kappa shape index (κ2) is 9.28. The van der Waals surface area contributed by atoms with Crippen molar-refractivity contribution in [2.45, 2.75) is 46.1 Å². The lowest BCUT2D eigenvalue weighted by atomic mass is 10.1. The van der Waals surface area contributed by atoms with Gasteiger partial charge in [0.2, 0.25) is 0 Å². The lowest BCUT2D eigenvalue weighted by molar-refractivity contribution is -0.105. The predicted molar refractivity (Wildman–Crippen MR) is 78.3 cm³/mol. The van der Waals surface area contributed by atoms with E-state index < -0.39 is 8.80 Å². The smallest absolute Gasteiger partial charge is 0.498 e. The Morgan fingerprint density at radius 1 is 1.15 bits per heavy atom. The molecule has 0 N–H and O–H groups in total. The molecule has 5 nitrogen and oxygen atoms in total. The highest BCUT2D eigenvalue weighted by Crippen LogP contribution is 2.26. The van der Waals surface area contributed by atoms with Crippen molar-refractivity contribution in [3.63, 3.8) is 0 Å². The Morgan fingerprint density at radius 2 is 1.75 bits per heavy atom. The van der Waals surface area contributed by atoms with E-state index in [1.54, 1.807) is 0 Å². The third-order valence-corrected chi connectivity index (χ3v) is 6.17. The van der Waals surface area contributed by atoms with Gasteiger partial charge in [-0.15, -0.1) is 0 Å². The van der Waals surface area contributed by atoms with Gasteiger partial charge in [-0.05, 0) is 33.6 Å². The van der Waals surface area contributed by atoms with Gasteiger partial charge in [0.15, 0.2) is 0 Å². The van der Waals surface area contributed by atoms with Crippen molar-refractivity contribution in [1.29, 1.82) is 0 Å². The average Bonchev–Trinajstić information content (AvgIpc) is 2.46. The fraction of sp³-hybridized carbons (Fsp3) is 0.786. The first-order chi connectivity index (χ1) is 9.71. The Bertz CT molecular complexity index is 313. The lowest BCUT2D eigenvalue weighted by Gasteiger charge is -2.29. The number of carbonyl (C=O) groups is 1. The molecule has 1 aliphatic rings. The number of carbonyl (C=O) groups excluding carboxylic acids is 1. The van der Waals surface area contributed by atoms with Gasteiger partial charge < -0.3 is 18.0 Å². The molecule has 116 valence electrons. The summed E-state index contributed by atoms with van der Waals surface area (Å²) in [6, 6.07) is 0.648. The molecule has 0 aliphatic carbocycles. The maximum Gasteiger partial charge on any atom is 0.501 e. The summed E-state index contributed by atoms with van der Waals surface area (Å²) in [5, 5.41) is 0. The van der Waals surface area contributed by atoms with Crippen molar-refractivity contribution >= 4 is 15.1 Å². The van der Waals surface area contributed by atoms with Crippen LogP contribution in [-0.2, 0) is 22.8 Å². The fourth-order valence-corrected chi connectivity index (χ4v) is 4.85. The van der Waals surface area contributed by atoms with E-state index in [1.807, 2.05) is 20.8 Å². The summed E-state index contributed by atoms with van der Waals surface area (Å²) in [6.07, 6.45) is 3.24. The van der Waals surface area contributed by atoms with E-state index >= 15 is 0 Å². The molecule has 0 spiro atoms. The molecule has 0 amide bonds. The molecule has 0 fully saturated rings. The number of hydrogen-bond donors (Lipinski definition) is 0. The summed E-state index contributed by atoms with van der Waals surface area (Å²) in [5.74, 6) is 0.780. The summed E-state index contributed by atoms with van der Waals surface area (Å²) in [7, 11) is -2.65. The van der Waals surface area contributed by atoms with E-state index in [0.29, 0.717) is 38.9 Å². The molecule has 0 radical (unpaired) electrons. The van der Waals surface area contributed by atoms with Crippen LogP contribution in [0, 0.1) is 0 Å². The fourth-order valence-electron chi connectivity index (χ4n) is 2.32. The van der Waals surface area contributed by atoms with E-state index in [4.69, 9.17) is 18.0 Å². The van der Waals surface area contributed by atoms with Crippen LogP contribution in [0.15, 0.2) is 11.3 Å². The topological polar surface area (TPSA) is 54.0 Å². The molecule has 0 aromatic rings. The van der Waals surface area contributed by atoms with Crippen LogP contribution >= 0.6 is 0 Å².